The Labute approximate surface area is 124 Å². The van der Waals surface area contributed by atoms with Gasteiger partial charge in [-0.05, 0) is 12.1 Å². The number of urea groups is 1. The summed E-state index contributed by atoms with van der Waals surface area (Å²) in [6, 6.07) is 5.91. The monoisotopic (exact) mass is 307 g/mol. The van der Waals surface area contributed by atoms with Gasteiger partial charge in [0.05, 0.1) is 6.54 Å². The van der Waals surface area contributed by atoms with Crippen LogP contribution in [0.25, 0.3) is 0 Å². The molecule has 21 heavy (non-hydrogen) atoms. The van der Waals surface area contributed by atoms with Gasteiger partial charge in [0.15, 0.2) is 5.69 Å². The number of carbonyl (C=O) groups is 2. The first kappa shape index (κ1) is 14.8. The first-order chi connectivity index (χ1) is 9.97. The van der Waals surface area contributed by atoms with Crippen LogP contribution in [0.2, 0.25) is 0 Å². The molecule has 0 bridgehead atoms. The molecule has 0 aliphatic heterocycles. The average molecular weight is 307 g/mol. The van der Waals surface area contributed by atoms with Crippen LogP contribution in [0.1, 0.15) is 15.5 Å². The van der Waals surface area contributed by atoms with Gasteiger partial charge in [-0.15, -0.1) is 11.3 Å². The van der Waals surface area contributed by atoms with E-state index in [2.05, 4.69) is 10.3 Å². The second kappa shape index (κ2) is 6.23. The molecule has 0 unspecified atom stereocenters. The lowest BCUT2D eigenvalue weighted by Gasteiger charge is -2.17. The summed E-state index contributed by atoms with van der Waals surface area (Å²) >= 11 is 1.16. The lowest BCUT2D eigenvalue weighted by Crippen LogP contribution is -2.36. The molecule has 0 spiro atoms. The van der Waals surface area contributed by atoms with Crippen LogP contribution < -0.4 is 10.2 Å². The van der Waals surface area contributed by atoms with Gasteiger partial charge in [-0.25, -0.2) is 14.6 Å². The molecule has 0 radical (unpaired) electrons. The molecule has 2 rings (SSSR count). The lowest BCUT2D eigenvalue weighted by atomic mass is 10.3. The minimum absolute atomic E-state index is 0.0365. The molecular weight excluding hydrogens is 294 g/mol. The molecule has 2 amide bonds. The summed E-state index contributed by atoms with van der Waals surface area (Å²) in [5.74, 6) is -1.03. The van der Waals surface area contributed by atoms with Crippen LogP contribution in [0.15, 0.2) is 29.6 Å². The van der Waals surface area contributed by atoms with Crippen LogP contribution in [0, 0.1) is 0 Å². The summed E-state index contributed by atoms with van der Waals surface area (Å²) in [6.07, 6.45) is 0. The molecule has 0 aliphatic carbocycles. The highest BCUT2D eigenvalue weighted by Crippen LogP contribution is 2.19. The number of hydrogen-bond acceptors (Lipinski definition) is 5. The molecule has 2 aromatic rings. The highest BCUT2D eigenvalue weighted by Gasteiger charge is 2.13. The normalized spacial score (nSPS) is 10.1. The number of aromatic carboxylic acids is 1. The number of phenols is 1. The molecule has 0 saturated heterocycles. The summed E-state index contributed by atoms with van der Waals surface area (Å²) in [5.41, 5.74) is 0.503. The summed E-state index contributed by atoms with van der Waals surface area (Å²) in [5, 5.41) is 22.7. The summed E-state index contributed by atoms with van der Waals surface area (Å²) in [7, 11) is 1.56. The van der Waals surface area contributed by atoms with Gasteiger partial charge in [0.2, 0.25) is 0 Å². The largest absolute Gasteiger partial charge is 0.508 e. The third-order valence-electron chi connectivity index (χ3n) is 2.68. The Morgan fingerprint density at radius 3 is 2.81 bits per heavy atom. The Morgan fingerprint density at radius 2 is 2.19 bits per heavy atom. The quantitative estimate of drug-likeness (QED) is 0.800. The van der Waals surface area contributed by atoms with Gasteiger partial charge in [-0.1, -0.05) is 6.07 Å². The number of rotatable bonds is 4. The first-order valence-corrected chi connectivity index (χ1v) is 6.83. The third-order valence-corrected chi connectivity index (χ3v) is 3.53. The van der Waals surface area contributed by atoms with E-state index in [1.807, 2.05) is 0 Å². The fourth-order valence-electron chi connectivity index (χ4n) is 1.58. The Bertz CT molecular complexity index is 671. The number of hydrogen-bond donors (Lipinski definition) is 3. The molecule has 1 heterocycles. The smallest absolute Gasteiger partial charge is 0.355 e. The summed E-state index contributed by atoms with van der Waals surface area (Å²) < 4.78 is 0. The molecule has 0 fully saturated rings. The predicted octanol–water partition coefficient (Wildman–Crippen LogP) is 1.89. The van der Waals surface area contributed by atoms with E-state index in [4.69, 9.17) is 5.11 Å². The van der Waals surface area contributed by atoms with E-state index < -0.39 is 5.97 Å². The molecule has 1 aromatic carbocycles. The predicted molar refractivity (Wildman–Crippen MR) is 77.8 cm³/mol. The van der Waals surface area contributed by atoms with Crippen molar-refractivity contribution < 1.29 is 19.8 Å². The van der Waals surface area contributed by atoms with Gasteiger partial charge < -0.3 is 15.5 Å². The number of phenolic OH excluding ortho intramolecular Hbond substituents is 1. The van der Waals surface area contributed by atoms with Gasteiger partial charge in [-0.3, -0.25) is 4.90 Å². The van der Waals surface area contributed by atoms with E-state index in [1.54, 1.807) is 19.2 Å². The number of amides is 2. The molecule has 1 aromatic heterocycles. The third kappa shape index (κ3) is 3.69. The maximum absolute atomic E-state index is 12.0. The van der Waals surface area contributed by atoms with Crippen molar-refractivity contribution in [2.75, 3.05) is 11.9 Å². The minimum atomic E-state index is -1.10. The molecule has 0 aliphatic rings. The number of benzene rings is 1. The van der Waals surface area contributed by atoms with Gasteiger partial charge >= 0.3 is 12.0 Å². The number of thiazole rings is 1. The van der Waals surface area contributed by atoms with Crippen LogP contribution in [0.3, 0.4) is 0 Å². The van der Waals surface area contributed by atoms with Crippen molar-refractivity contribution in [1.82, 2.24) is 10.3 Å². The second-order valence-corrected chi connectivity index (χ2v) is 5.11. The molecule has 110 valence electrons. The number of carboxylic acid groups (broad SMARTS) is 1. The van der Waals surface area contributed by atoms with Crippen LogP contribution in [-0.2, 0) is 6.54 Å². The number of carbonyl (C=O) groups excluding carboxylic acids is 1. The van der Waals surface area contributed by atoms with Crippen molar-refractivity contribution in [3.05, 3.63) is 40.3 Å². The number of aromatic nitrogens is 1. The van der Waals surface area contributed by atoms with Crippen molar-refractivity contribution in [3.8, 4) is 5.75 Å². The van der Waals surface area contributed by atoms with Gasteiger partial charge in [0.1, 0.15) is 10.8 Å². The molecule has 0 atom stereocenters. The number of carboxylic acids is 1. The van der Waals surface area contributed by atoms with Crippen LogP contribution >= 0.6 is 11.3 Å². The van der Waals surface area contributed by atoms with E-state index >= 15 is 0 Å². The second-order valence-electron chi connectivity index (χ2n) is 4.17. The van der Waals surface area contributed by atoms with Crippen LogP contribution in [0.5, 0.6) is 5.75 Å². The van der Waals surface area contributed by atoms with Gasteiger partial charge in [0, 0.05) is 24.2 Å². The lowest BCUT2D eigenvalue weighted by molar-refractivity contribution is 0.0691. The fraction of sp³-hybridized carbons (Fsp3) is 0.154. The average Bonchev–Trinajstić information content (AvgIpc) is 2.93. The number of aromatic hydroxyl groups is 1. The standard InChI is InChI=1S/C13H13N3O4S/c1-16(8-3-2-4-9(17)5-8)13(20)14-6-11-15-10(7-21-11)12(18)19/h2-5,7,17H,6H2,1H3,(H,14,20)(H,18,19). The fourth-order valence-corrected chi connectivity index (χ4v) is 2.29. The van der Waals surface area contributed by atoms with Gasteiger partial charge in [0.25, 0.3) is 0 Å². The number of anilines is 1. The van der Waals surface area contributed by atoms with Crippen molar-refractivity contribution in [3.63, 3.8) is 0 Å². The Hall–Kier alpha value is -2.61. The van der Waals surface area contributed by atoms with Crippen molar-refractivity contribution in [2.45, 2.75) is 6.54 Å². The van der Waals surface area contributed by atoms with Crippen molar-refractivity contribution in [1.29, 1.82) is 0 Å². The summed E-state index contributed by atoms with van der Waals surface area (Å²) in [4.78, 5) is 27.9. The SMILES string of the molecule is CN(C(=O)NCc1nc(C(=O)O)cs1)c1cccc(O)c1. The zero-order valence-electron chi connectivity index (χ0n) is 11.1. The van der Waals surface area contributed by atoms with Crippen LogP contribution in [0.4, 0.5) is 10.5 Å². The number of nitrogens with one attached hydrogen (secondary N) is 1. The molecule has 0 saturated carbocycles. The molecule has 7 nitrogen and oxygen atoms in total. The Morgan fingerprint density at radius 1 is 1.43 bits per heavy atom. The highest BCUT2D eigenvalue weighted by molar-refractivity contribution is 7.09. The van der Waals surface area contributed by atoms with E-state index in [-0.39, 0.29) is 24.0 Å². The van der Waals surface area contributed by atoms with Crippen LogP contribution in [-0.4, -0.2) is 34.2 Å². The van der Waals surface area contributed by atoms with E-state index in [9.17, 15) is 14.7 Å². The number of nitrogens with zero attached hydrogens (tertiary/aromatic N) is 2. The van der Waals surface area contributed by atoms with E-state index in [0.29, 0.717) is 10.7 Å². The zero-order valence-corrected chi connectivity index (χ0v) is 11.9. The minimum Gasteiger partial charge on any atom is -0.508 e. The van der Waals surface area contributed by atoms with Crippen molar-refractivity contribution >= 4 is 29.0 Å². The van der Waals surface area contributed by atoms with E-state index in [1.165, 1.54) is 22.4 Å². The van der Waals surface area contributed by atoms with E-state index in [0.717, 1.165) is 11.3 Å². The Kier molecular flexibility index (Phi) is 4.39. The Balaban J connectivity index is 1.96. The maximum atomic E-state index is 12.0. The first-order valence-electron chi connectivity index (χ1n) is 5.95. The van der Waals surface area contributed by atoms with Crippen molar-refractivity contribution in [2.24, 2.45) is 0 Å². The topological polar surface area (TPSA) is 103 Å². The maximum Gasteiger partial charge on any atom is 0.355 e. The molecule has 8 heteroatoms. The summed E-state index contributed by atoms with van der Waals surface area (Å²) in [6.45, 7) is 0.139. The molecule has 3 N–H and O–H groups in total. The highest BCUT2D eigenvalue weighted by atomic mass is 32.1. The van der Waals surface area contributed by atoms with Gasteiger partial charge in [-0.2, -0.15) is 0 Å². The molecular formula is C13H13N3O4S. The zero-order chi connectivity index (χ0) is 15.4.